The van der Waals surface area contributed by atoms with Gasteiger partial charge in [0, 0.05) is 20.8 Å². The summed E-state index contributed by atoms with van der Waals surface area (Å²) < 4.78 is 1.08. The molecule has 0 aliphatic carbocycles. The van der Waals surface area contributed by atoms with Crippen LogP contribution < -0.4 is 5.73 Å². The van der Waals surface area contributed by atoms with Gasteiger partial charge in [0.15, 0.2) is 0 Å². The molecule has 0 saturated carbocycles. The predicted octanol–water partition coefficient (Wildman–Crippen LogP) is 4.94. The van der Waals surface area contributed by atoms with Crippen molar-refractivity contribution < 1.29 is 0 Å². The molecular formula is C15H16BrNS. The van der Waals surface area contributed by atoms with Gasteiger partial charge >= 0.3 is 0 Å². The SMILES string of the molecule is Cc1ccc(SCc2ccc(N)cc2Br)cc1C. The van der Waals surface area contributed by atoms with Crippen molar-refractivity contribution in [3.05, 3.63) is 57.6 Å². The van der Waals surface area contributed by atoms with Gasteiger partial charge in [-0.05, 0) is 54.8 Å². The molecule has 0 atom stereocenters. The van der Waals surface area contributed by atoms with E-state index in [0.717, 1.165) is 15.9 Å². The van der Waals surface area contributed by atoms with Gasteiger partial charge in [-0.25, -0.2) is 0 Å². The smallest absolute Gasteiger partial charge is 0.0325 e. The Labute approximate surface area is 121 Å². The van der Waals surface area contributed by atoms with Crippen molar-refractivity contribution in [1.82, 2.24) is 0 Å². The molecular weight excluding hydrogens is 306 g/mol. The molecule has 0 amide bonds. The second-order valence-electron chi connectivity index (χ2n) is 4.39. The minimum absolute atomic E-state index is 0.793. The van der Waals surface area contributed by atoms with E-state index in [1.807, 2.05) is 23.9 Å². The highest BCUT2D eigenvalue weighted by molar-refractivity contribution is 9.10. The fourth-order valence-electron chi connectivity index (χ4n) is 1.65. The number of anilines is 1. The van der Waals surface area contributed by atoms with E-state index in [-0.39, 0.29) is 0 Å². The molecule has 2 aromatic carbocycles. The standard InChI is InChI=1S/C15H16BrNS/c1-10-3-6-14(7-11(10)2)18-9-12-4-5-13(17)8-15(12)16/h3-8H,9,17H2,1-2H3. The van der Waals surface area contributed by atoms with E-state index in [1.54, 1.807) is 0 Å². The molecule has 0 fully saturated rings. The van der Waals surface area contributed by atoms with Gasteiger partial charge in [-0.15, -0.1) is 11.8 Å². The van der Waals surface area contributed by atoms with Gasteiger partial charge in [-0.1, -0.05) is 28.1 Å². The zero-order valence-electron chi connectivity index (χ0n) is 10.5. The third-order valence-corrected chi connectivity index (χ3v) is 4.73. The van der Waals surface area contributed by atoms with E-state index in [2.05, 4.69) is 54.0 Å². The first kappa shape index (κ1) is 13.5. The average Bonchev–Trinajstić information content (AvgIpc) is 2.32. The normalized spacial score (nSPS) is 10.6. The van der Waals surface area contributed by atoms with Crippen LogP contribution in [0.2, 0.25) is 0 Å². The maximum atomic E-state index is 5.73. The number of thioether (sulfide) groups is 1. The molecule has 0 spiro atoms. The monoisotopic (exact) mass is 321 g/mol. The number of hydrogen-bond donors (Lipinski definition) is 1. The zero-order valence-corrected chi connectivity index (χ0v) is 12.9. The van der Waals surface area contributed by atoms with Crippen molar-refractivity contribution >= 4 is 33.4 Å². The van der Waals surface area contributed by atoms with E-state index >= 15 is 0 Å². The van der Waals surface area contributed by atoms with E-state index in [1.165, 1.54) is 21.6 Å². The summed E-state index contributed by atoms with van der Waals surface area (Å²) in [4.78, 5) is 1.31. The van der Waals surface area contributed by atoms with Gasteiger partial charge in [-0.3, -0.25) is 0 Å². The van der Waals surface area contributed by atoms with Crippen molar-refractivity contribution in [2.75, 3.05) is 5.73 Å². The number of aryl methyl sites for hydroxylation is 2. The first-order chi connectivity index (χ1) is 8.56. The Kier molecular flexibility index (Phi) is 4.36. The second-order valence-corrected chi connectivity index (χ2v) is 6.29. The molecule has 94 valence electrons. The third kappa shape index (κ3) is 3.30. The highest BCUT2D eigenvalue weighted by Crippen LogP contribution is 2.29. The molecule has 2 rings (SSSR count). The Bertz CT molecular complexity index is 566. The Morgan fingerprint density at radius 2 is 1.83 bits per heavy atom. The summed E-state index contributed by atoms with van der Waals surface area (Å²) in [7, 11) is 0. The first-order valence-electron chi connectivity index (χ1n) is 5.80. The molecule has 0 aliphatic heterocycles. The van der Waals surface area contributed by atoms with Crippen LogP contribution in [0.5, 0.6) is 0 Å². The van der Waals surface area contributed by atoms with E-state index in [0.29, 0.717) is 0 Å². The van der Waals surface area contributed by atoms with Crippen molar-refractivity contribution in [1.29, 1.82) is 0 Å². The Morgan fingerprint density at radius 3 is 2.50 bits per heavy atom. The lowest BCUT2D eigenvalue weighted by atomic mass is 10.1. The van der Waals surface area contributed by atoms with E-state index in [9.17, 15) is 0 Å². The van der Waals surface area contributed by atoms with Crippen molar-refractivity contribution in [2.45, 2.75) is 24.5 Å². The number of nitrogens with two attached hydrogens (primary N) is 1. The number of hydrogen-bond acceptors (Lipinski definition) is 2. The molecule has 0 unspecified atom stereocenters. The molecule has 0 bridgehead atoms. The number of halogens is 1. The molecule has 18 heavy (non-hydrogen) atoms. The molecule has 2 aromatic rings. The third-order valence-electron chi connectivity index (χ3n) is 2.95. The summed E-state index contributed by atoms with van der Waals surface area (Å²) in [5, 5.41) is 0. The molecule has 0 radical (unpaired) electrons. The number of rotatable bonds is 3. The van der Waals surface area contributed by atoms with Gasteiger partial charge in [0.25, 0.3) is 0 Å². The van der Waals surface area contributed by atoms with Crippen LogP contribution in [0.15, 0.2) is 45.8 Å². The van der Waals surface area contributed by atoms with Crippen molar-refractivity contribution in [3.63, 3.8) is 0 Å². The van der Waals surface area contributed by atoms with Gasteiger partial charge < -0.3 is 5.73 Å². The minimum atomic E-state index is 0.793. The summed E-state index contributed by atoms with van der Waals surface area (Å²) in [5.41, 5.74) is 10.5. The summed E-state index contributed by atoms with van der Waals surface area (Å²) >= 11 is 5.40. The summed E-state index contributed by atoms with van der Waals surface area (Å²) in [6, 6.07) is 12.6. The average molecular weight is 322 g/mol. The maximum Gasteiger partial charge on any atom is 0.0325 e. The Balaban J connectivity index is 2.09. The topological polar surface area (TPSA) is 26.0 Å². The quantitative estimate of drug-likeness (QED) is 0.640. The molecule has 3 heteroatoms. The van der Waals surface area contributed by atoms with Crippen LogP contribution in [-0.4, -0.2) is 0 Å². The molecule has 0 heterocycles. The molecule has 0 saturated heterocycles. The largest absolute Gasteiger partial charge is 0.399 e. The number of benzene rings is 2. The zero-order chi connectivity index (χ0) is 13.1. The minimum Gasteiger partial charge on any atom is -0.399 e. The van der Waals surface area contributed by atoms with Crippen LogP contribution in [0, 0.1) is 13.8 Å². The highest BCUT2D eigenvalue weighted by atomic mass is 79.9. The summed E-state index contributed by atoms with van der Waals surface area (Å²) in [5.74, 6) is 0.948. The molecule has 2 N–H and O–H groups in total. The lowest BCUT2D eigenvalue weighted by Gasteiger charge is -2.07. The Morgan fingerprint density at radius 1 is 1.06 bits per heavy atom. The molecule has 0 aliphatic rings. The summed E-state index contributed by atoms with van der Waals surface area (Å²) in [6.45, 7) is 4.29. The molecule has 1 nitrogen and oxygen atoms in total. The van der Waals surface area contributed by atoms with Gasteiger partial charge in [0.1, 0.15) is 0 Å². The predicted molar refractivity (Wildman–Crippen MR) is 84.0 cm³/mol. The van der Waals surface area contributed by atoms with Crippen LogP contribution in [0.4, 0.5) is 5.69 Å². The maximum absolute atomic E-state index is 5.73. The van der Waals surface area contributed by atoms with Gasteiger partial charge in [0.2, 0.25) is 0 Å². The number of nitrogen functional groups attached to an aromatic ring is 1. The van der Waals surface area contributed by atoms with Gasteiger partial charge in [-0.2, -0.15) is 0 Å². The van der Waals surface area contributed by atoms with Crippen LogP contribution >= 0.6 is 27.7 Å². The summed E-state index contributed by atoms with van der Waals surface area (Å²) in [6.07, 6.45) is 0. The first-order valence-corrected chi connectivity index (χ1v) is 7.58. The second kappa shape index (κ2) is 5.81. The van der Waals surface area contributed by atoms with E-state index in [4.69, 9.17) is 5.73 Å². The fraction of sp³-hybridized carbons (Fsp3) is 0.200. The van der Waals surface area contributed by atoms with Crippen molar-refractivity contribution in [3.8, 4) is 0 Å². The Hall–Kier alpha value is -0.930. The van der Waals surface area contributed by atoms with Crippen LogP contribution in [0.3, 0.4) is 0 Å². The van der Waals surface area contributed by atoms with Crippen LogP contribution in [0.1, 0.15) is 16.7 Å². The van der Waals surface area contributed by atoms with E-state index < -0.39 is 0 Å². The molecule has 0 aromatic heterocycles. The lowest BCUT2D eigenvalue weighted by Crippen LogP contribution is -1.88. The van der Waals surface area contributed by atoms with Crippen molar-refractivity contribution in [2.24, 2.45) is 0 Å². The highest BCUT2D eigenvalue weighted by Gasteiger charge is 2.02. The lowest BCUT2D eigenvalue weighted by molar-refractivity contribution is 1.27. The fourth-order valence-corrected chi connectivity index (χ4v) is 3.37. The van der Waals surface area contributed by atoms with Crippen LogP contribution in [0.25, 0.3) is 0 Å². The van der Waals surface area contributed by atoms with Gasteiger partial charge in [0.05, 0.1) is 0 Å². The van der Waals surface area contributed by atoms with Crippen LogP contribution in [-0.2, 0) is 5.75 Å².